The van der Waals surface area contributed by atoms with E-state index in [9.17, 15) is 13.6 Å². The van der Waals surface area contributed by atoms with Gasteiger partial charge in [-0.3, -0.25) is 4.79 Å². The number of nitrogens with two attached hydrogens (primary N) is 1. The summed E-state index contributed by atoms with van der Waals surface area (Å²) in [5.74, 6) is -1.13. The highest BCUT2D eigenvalue weighted by molar-refractivity contribution is 5.92. The maximum Gasteiger partial charge on any atom is 0.267 e. The Bertz CT molecular complexity index is 1050. The van der Waals surface area contributed by atoms with Crippen molar-refractivity contribution in [3.05, 3.63) is 71.9 Å². The lowest BCUT2D eigenvalue weighted by Gasteiger charge is -2.36. The van der Waals surface area contributed by atoms with E-state index in [0.717, 1.165) is 0 Å². The van der Waals surface area contributed by atoms with E-state index in [1.807, 2.05) is 9.80 Å². The molecule has 0 saturated carbocycles. The van der Waals surface area contributed by atoms with Crippen molar-refractivity contribution in [3.63, 3.8) is 0 Å². The van der Waals surface area contributed by atoms with Gasteiger partial charge >= 0.3 is 0 Å². The first kappa shape index (κ1) is 18.8. The second-order valence-corrected chi connectivity index (χ2v) is 6.71. The number of nitrogens with zero attached hydrogens (tertiary/aromatic N) is 4. The van der Waals surface area contributed by atoms with Crippen LogP contribution < -0.4 is 15.5 Å². The number of halogens is 2. The monoisotopic (exact) mass is 395 g/mol. The van der Waals surface area contributed by atoms with Crippen molar-refractivity contribution >= 4 is 17.5 Å². The van der Waals surface area contributed by atoms with Crippen LogP contribution in [0.3, 0.4) is 0 Å². The molecular weight excluding hydrogens is 376 g/mol. The zero-order valence-electron chi connectivity index (χ0n) is 15.6. The third-order valence-corrected chi connectivity index (χ3v) is 4.87. The number of benzene rings is 2. The van der Waals surface area contributed by atoms with Crippen LogP contribution in [0.5, 0.6) is 0 Å². The average Bonchev–Trinajstić information content (AvgIpc) is 2.74. The summed E-state index contributed by atoms with van der Waals surface area (Å²) in [6.07, 6.45) is 0. The number of hydrogen-bond acceptors (Lipinski definition) is 5. The standard InChI is InChI=1S/C21H19F2N5O/c22-15-6-2-1-5-14(15)17-13-18(20(24)29)26-21(25-17)28-11-9-27(10-12-28)19-8-4-3-7-16(19)23/h1-8,13H,9-12H2,(H2,24,29). The van der Waals surface area contributed by atoms with E-state index >= 15 is 0 Å². The highest BCUT2D eigenvalue weighted by Crippen LogP contribution is 2.25. The summed E-state index contributed by atoms with van der Waals surface area (Å²) in [5.41, 5.74) is 6.54. The number of anilines is 2. The molecule has 0 radical (unpaired) electrons. The number of primary amides is 1. The fraction of sp³-hybridized carbons (Fsp3) is 0.190. The molecule has 2 N–H and O–H groups in total. The molecule has 0 atom stereocenters. The first-order valence-electron chi connectivity index (χ1n) is 9.21. The quantitative estimate of drug-likeness (QED) is 0.735. The summed E-state index contributed by atoms with van der Waals surface area (Å²) in [6, 6.07) is 14.2. The number of rotatable bonds is 4. The van der Waals surface area contributed by atoms with Crippen molar-refractivity contribution in [2.75, 3.05) is 36.0 Å². The van der Waals surface area contributed by atoms with Gasteiger partial charge in [0.2, 0.25) is 5.95 Å². The molecule has 8 heteroatoms. The predicted molar refractivity (Wildman–Crippen MR) is 107 cm³/mol. The molecule has 3 aromatic rings. The Hall–Kier alpha value is -3.55. The molecule has 1 aliphatic heterocycles. The number of carbonyl (C=O) groups is 1. The third-order valence-electron chi connectivity index (χ3n) is 4.87. The molecule has 1 aliphatic rings. The maximum atomic E-state index is 14.2. The minimum absolute atomic E-state index is 0.0183. The minimum Gasteiger partial charge on any atom is -0.366 e. The normalized spacial score (nSPS) is 14.1. The van der Waals surface area contributed by atoms with Crippen LogP contribution in [0.15, 0.2) is 54.6 Å². The van der Waals surface area contributed by atoms with Crippen molar-refractivity contribution in [2.45, 2.75) is 0 Å². The van der Waals surface area contributed by atoms with Gasteiger partial charge in [-0.05, 0) is 30.3 Å². The van der Waals surface area contributed by atoms with Crippen LogP contribution in [0.25, 0.3) is 11.3 Å². The van der Waals surface area contributed by atoms with Crippen molar-refractivity contribution < 1.29 is 13.6 Å². The lowest BCUT2D eigenvalue weighted by atomic mass is 10.1. The largest absolute Gasteiger partial charge is 0.366 e. The smallest absolute Gasteiger partial charge is 0.267 e. The van der Waals surface area contributed by atoms with E-state index in [2.05, 4.69) is 9.97 Å². The lowest BCUT2D eigenvalue weighted by molar-refractivity contribution is 0.0995. The molecule has 1 saturated heterocycles. The van der Waals surface area contributed by atoms with E-state index in [0.29, 0.717) is 43.5 Å². The average molecular weight is 395 g/mol. The Labute approximate surface area is 166 Å². The van der Waals surface area contributed by atoms with Gasteiger partial charge in [-0.1, -0.05) is 24.3 Å². The van der Waals surface area contributed by atoms with E-state index in [4.69, 9.17) is 5.73 Å². The maximum absolute atomic E-state index is 14.2. The van der Waals surface area contributed by atoms with E-state index < -0.39 is 11.7 Å². The highest BCUT2D eigenvalue weighted by Gasteiger charge is 2.23. The summed E-state index contributed by atoms with van der Waals surface area (Å²) >= 11 is 0. The number of hydrogen-bond donors (Lipinski definition) is 1. The summed E-state index contributed by atoms with van der Waals surface area (Å²) in [4.78, 5) is 24.3. The van der Waals surface area contributed by atoms with Gasteiger partial charge in [0.1, 0.15) is 17.3 Å². The van der Waals surface area contributed by atoms with Gasteiger partial charge in [-0.2, -0.15) is 0 Å². The van der Waals surface area contributed by atoms with Gasteiger partial charge < -0.3 is 15.5 Å². The molecule has 1 amide bonds. The molecule has 148 valence electrons. The van der Waals surface area contributed by atoms with Gasteiger partial charge in [-0.25, -0.2) is 18.7 Å². The van der Waals surface area contributed by atoms with Gasteiger partial charge in [-0.15, -0.1) is 0 Å². The van der Waals surface area contributed by atoms with Crippen LogP contribution in [0.2, 0.25) is 0 Å². The van der Waals surface area contributed by atoms with Gasteiger partial charge in [0.25, 0.3) is 5.91 Å². The molecule has 6 nitrogen and oxygen atoms in total. The Balaban J connectivity index is 1.61. The molecule has 29 heavy (non-hydrogen) atoms. The zero-order valence-corrected chi connectivity index (χ0v) is 15.6. The number of carbonyl (C=O) groups excluding carboxylic acids is 1. The molecule has 2 aromatic carbocycles. The number of aromatic nitrogens is 2. The second-order valence-electron chi connectivity index (χ2n) is 6.71. The zero-order chi connectivity index (χ0) is 20.4. The predicted octanol–water partition coefficient (Wildman–Crippen LogP) is 2.85. The van der Waals surface area contributed by atoms with Gasteiger partial charge in [0.15, 0.2) is 0 Å². The SMILES string of the molecule is NC(=O)c1cc(-c2ccccc2F)nc(N2CCN(c3ccccc3F)CC2)n1. The Morgan fingerprint density at radius 2 is 1.48 bits per heavy atom. The molecular formula is C21H19F2N5O. The Morgan fingerprint density at radius 3 is 2.14 bits per heavy atom. The topological polar surface area (TPSA) is 75.4 Å². The molecule has 4 rings (SSSR count). The van der Waals surface area contributed by atoms with Crippen molar-refractivity contribution in [2.24, 2.45) is 5.73 Å². The minimum atomic E-state index is -0.712. The molecule has 0 bridgehead atoms. The first-order valence-corrected chi connectivity index (χ1v) is 9.21. The highest BCUT2D eigenvalue weighted by atomic mass is 19.1. The van der Waals surface area contributed by atoms with Crippen molar-refractivity contribution in [1.82, 2.24) is 9.97 Å². The van der Waals surface area contributed by atoms with Crippen LogP contribution in [0, 0.1) is 11.6 Å². The number of amides is 1. The molecule has 1 fully saturated rings. The summed E-state index contributed by atoms with van der Waals surface area (Å²) in [5, 5.41) is 0. The summed E-state index contributed by atoms with van der Waals surface area (Å²) in [6.45, 7) is 2.15. The summed E-state index contributed by atoms with van der Waals surface area (Å²) < 4.78 is 28.3. The number of piperazine rings is 1. The first-order chi connectivity index (χ1) is 14.0. The molecule has 0 unspecified atom stereocenters. The molecule has 0 aliphatic carbocycles. The molecule has 2 heterocycles. The summed E-state index contributed by atoms with van der Waals surface area (Å²) in [7, 11) is 0. The van der Waals surface area contributed by atoms with Crippen LogP contribution in [-0.4, -0.2) is 42.1 Å². The van der Waals surface area contributed by atoms with Gasteiger partial charge in [0, 0.05) is 31.7 Å². The molecule has 1 aromatic heterocycles. The Morgan fingerprint density at radius 1 is 0.862 bits per heavy atom. The Kier molecular flexibility index (Phi) is 5.07. The fourth-order valence-corrected chi connectivity index (χ4v) is 3.36. The fourth-order valence-electron chi connectivity index (χ4n) is 3.36. The van der Waals surface area contributed by atoms with Crippen LogP contribution in [0.1, 0.15) is 10.5 Å². The second kappa shape index (κ2) is 7.83. The van der Waals surface area contributed by atoms with Crippen LogP contribution in [0.4, 0.5) is 20.4 Å². The third kappa shape index (κ3) is 3.87. The van der Waals surface area contributed by atoms with E-state index in [1.165, 1.54) is 18.2 Å². The molecule has 0 spiro atoms. The van der Waals surface area contributed by atoms with E-state index in [-0.39, 0.29) is 17.1 Å². The van der Waals surface area contributed by atoms with Crippen LogP contribution >= 0.6 is 0 Å². The van der Waals surface area contributed by atoms with Crippen LogP contribution in [-0.2, 0) is 0 Å². The van der Waals surface area contributed by atoms with Crippen molar-refractivity contribution in [3.8, 4) is 11.3 Å². The lowest BCUT2D eigenvalue weighted by Crippen LogP contribution is -2.47. The number of para-hydroxylation sites is 1. The van der Waals surface area contributed by atoms with Crippen molar-refractivity contribution in [1.29, 1.82) is 0 Å². The van der Waals surface area contributed by atoms with Gasteiger partial charge in [0.05, 0.1) is 11.4 Å². The van der Waals surface area contributed by atoms with E-state index in [1.54, 1.807) is 36.4 Å².